The number of carbonyl (C=O) groups is 2. The summed E-state index contributed by atoms with van der Waals surface area (Å²) in [6.07, 6.45) is 4.35. The number of ether oxygens (including phenoxy) is 1. The van der Waals surface area contributed by atoms with Crippen LogP contribution >= 0.6 is 0 Å². The first-order valence-corrected chi connectivity index (χ1v) is 11.7. The fraction of sp³-hybridized carbons (Fsp3) is 0.240. The van der Waals surface area contributed by atoms with Gasteiger partial charge in [-0.1, -0.05) is 5.21 Å². The summed E-state index contributed by atoms with van der Waals surface area (Å²) in [6.45, 7) is 1.39. The van der Waals surface area contributed by atoms with Crippen LogP contribution in [0.2, 0.25) is 0 Å². The average Bonchev–Trinajstić information content (AvgIpc) is 3.64. The Balaban J connectivity index is 1.22. The van der Waals surface area contributed by atoms with Crippen LogP contribution in [0.5, 0.6) is 0 Å². The van der Waals surface area contributed by atoms with Gasteiger partial charge in [0.25, 0.3) is 0 Å². The van der Waals surface area contributed by atoms with Crippen molar-refractivity contribution in [1.82, 2.24) is 29.9 Å². The minimum Gasteiger partial charge on any atom is -0.441 e. The molecule has 4 aromatic heterocycles. The molecule has 3 atom stereocenters. The first-order chi connectivity index (χ1) is 18.3. The van der Waals surface area contributed by atoms with E-state index >= 15 is 0 Å². The number of aromatic nitrogens is 6. The van der Waals surface area contributed by atoms with Gasteiger partial charge in [-0.25, -0.2) is 18.9 Å². The molecule has 4 aromatic rings. The number of hydrogen-bond acceptors (Lipinski definition) is 8. The van der Waals surface area contributed by atoms with Crippen LogP contribution in [0.4, 0.5) is 25.1 Å². The number of carbonyl (C=O) groups excluding carboxylic acids is 2. The molecule has 13 heteroatoms. The molecule has 11 nitrogen and oxygen atoms in total. The van der Waals surface area contributed by atoms with Gasteiger partial charge in [0.1, 0.15) is 11.9 Å². The van der Waals surface area contributed by atoms with Crippen molar-refractivity contribution in [3.05, 3.63) is 78.0 Å². The Morgan fingerprint density at radius 2 is 1.89 bits per heavy atom. The fourth-order valence-corrected chi connectivity index (χ4v) is 4.05. The first-order valence-electron chi connectivity index (χ1n) is 11.7. The molecule has 2 N–H and O–H groups in total. The van der Waals surface area contributed by atoms with E-state index in [0.717, 1.165) is 24.2 Å². The number of aryl methyl sites for hydroxylation is 1. The Hall–Kier alpha value is -4.81. The minimum absolute atomic E-state index is 0.0926. The molecule has 0 aliphatic heterocycles. The molecule has 0 radical (unpaired) electrons. The topological polar surface area (TPSA) is 137 Å². The van der Waals surface area contributed by atoms with Crippen molar-refractivity contribution in [3.8, 4) is 11.4 Å². The molecule has 2 amide bonds. The quantitative estimate of drug-likeness (QED) is 0.349. The van der Waals surface area contributed by atoms with Crippen molar-refractivity contribution in [1.29, 1.82) is 0 Å². The SMILES string of the molecule is C[C@@H](OC(=O)Nc1c(-c2ccc(NC(=O)C3CC3c3ccncc3)cn2)nnn1C)c1cc(F)cnc1F. The van der Waals surface area contributed by atoms with Crippen LogP contribution in [-0.4, -0.2) is 41.9 Å². The normalized spacial score (nSPS) is 16.9. The van der Waals surface area contributed by atoms with E-state index in [1.54, 1.807) is 31.6 Å². The lowest BCUT2D eigenvalue weighted by Gasteiger charge is -2.15. The third-order valence-electron chi connectivity index (χ3n) is 6.14. The number of nitrogens with zero attached hydrogens (tertiary/aromatic N) is 6. The second-order valence-electron chi connectivity index (χ2n) is 8.77. The highest BCUT2D eigenvalue weighted by atomic mass is 19.1. The molecule has 2 unspecified atom stereocenters. The fourth-order valence-electron chi connectivity index (χ4n) is 4.05. The van der Waals surface area contributed by atoms with E-state index < -0.39 is 24.0 Å². The van der Waals surface area contributed by atoms with E-state index in [0.29, 0.717) is 11.4 Å². The Morgan fingerprint density at radius 3 is 2.63 bits per heavy atom. The monoisotopic (exact) mass is 520 g/mol. The Labute approximate surface area is 215 Å². The molecule has 4 heterocycles. The molecule has 0 bridgehead atoms. The van der Waals surface area contributed by atoms with Crippen LogP contribution in [0.15, 0.2) is 55.1 Å². The van der Waals surface area contributed by atoms with E-state index in [1.165, 1.54) is 17.8 Å². The largest absolute Gasteiger partial charge is 0.441 e. The highest BCUT2D eigenvalue weighted by Gasteiger charge is 2.43. The smallest absolute Gasteiger partial charge is 0.413 e. The zero-order valence-electron chi connectivity index (χ0n) is 20.3. The van der Waals surface area contributed by atoms with Gasteiger partial charge in [-0.15, -0.1) is 5.10 Å². The van der Waals surface area contributed by atoms with Crippen LogP contribution < -0.4 is 10.6 Å². The van der Waals surface area contributed by atoms with Crippen molar-refractivity contribution in [3.63, 3.8) is 0 Å². The number of halogens is 2. The molecule has 0 aromatic carbocycles. The molecule has 0 saturated heterocycles. The Morgan fingerprint density at radius 1 is 1.11 bits per heavy atom. The summed E-state index contributed by atoms with van der Waals surface area (Å²) in [5.41, 5.74) is 2.01. The second-order valence-corrected chi connectivity index (χ2v) is 8.77. The van der Waals surface area contributed by atoms with Crippen molar-refractivity contribution in [2.75, 3.05) is 10.6 Å². The van der Waals surface area contributed by atoms with Crippen LogP contribution in [0.1, 0.15) is 36.5 Å². The van der Waals surface area contributed by atoms with Crippen LogP contribution in [0.3, 0.4) is 0 Å². The number of rotatable bonds is 7. The van der Waals surface area contributed by atoms with Crippen LogP contribution in [0.25, 0.3) is 11.4 Å². The van der Waals surface area contributed by atoms with Crippen molar-refractivity contribution in [2.45, 2.75) is 25.4 Å². The maximum Gasteiger partial charge on any atom is 0.413 e. The lowest BCUT2D eigenvalue weighted by atomic mass is 10.1. The van der Waals surface area contributed by atoms with Gasteiger partial charge in [-0.05, 0) is 55.2 Å². The van der Waals surface area contributed by atoms with Gasteiger partial charge in [0.15, 0.2) is 11.5 Å². The van der Waals surface area contributed by atoms with E-state index in [9.17, 15) is 18.4 Å². The van der Waals surface area contributed by atoms with Crippen LogP contribution in [0, 0.1) is 17.7 Å². The molecule has 1 aliphatic rings. The Kier molecular flexibility index (Phi) is 6.73. The number of anilines is 2. The predicted octanol–water partition coefficient (Wildman–Crippen LogP) is 4.00. The summed E-state index contributed by atoms with van der Waals surface area (Å²) in [6, 6.07) is 8.02. The third-order valence-corrected chi connectivity index (χ3v) is 6.14. The highest BCUT2D eigenvalue weighted by Crippen LogP contribution is 2.47. The minimum atomic E-state index is -1.12. The predicted molar refractivity (Wildman–Crippen MR) is 131 cm³/mol. The van der Waals surface area contributed by atoms with Gasteiger partial charge in [0.2, 0.25) is 11.9 Å². The zero-order chi connectivity index (χ0) is 26.8. The Bertz CT molecular complexity index is 1480. The van der Waals surface area contributed by atoms with Gasteiger partial charge < -0.3 is 10.1 Å². The summed E-state index contributed by atoms with van der Waals surface area (Å²) >= 11 is 0. The summed E-state index contributed by atoms with van der Waals surface area (Å²) < 4.78 is 33.8. The standard InChI is InChI=1S/C25H22F2N8O3/c1-13(17-9-15(26)11-30-22(17)27)38-25(37)32-23-21(33-34-35(23)2)20-4-3-16(12-29-20)31-24(36)19-10-18(19)14-5-7-28-8-6-14/h3-9,11-13,18-19H,10H2,1-2H3,(H,31,36)(H,32,37)/t13-,18?,19?/m1/s1. The maximum absolute atomic E-state index is 13.9. The summed E-state index contributed by atoms with van der Waals surface area (Å²) in [7, 11) is 1.55. The van der Waals surface area contributed by atoms with E-state index in [2.05, 4.69) is 35.9 Å². The molecular formula is C25H22F2N8O3. The van der Waals surface area contributed by atoms with Crippen molar-refractivity contribution < 1.29 is 23.1 Å². The first kappa shape index (κ1) is 24.9. The van der Waals surface area contributed by atoms with Crippen molar-refractivity contribution >= 4 is 23.5 Å². The summed E-state index contributed by atoms with van der Waals surface area (Å²) in [4.78, 5) is 36.8. The molecule has 1 fully saturated rings. The average molecular weight is 521 g/mol. The summed E-state index contributed by atoms with van der Waals surface area (Å²) in [5, 5.41) is 13.3. The number of amides is 2. The zero-order valence-corrected chi connectivity index (χ0v) is 20.3. The van der Waals surface area contributed by atoms with Crippen molar-refractivity contribution in [2.24, 2.45) is 13.0 Å². The molecule has 1 aliphatic carbocycles. The van der Waals surface area contributed by atoms with Gasteiger partial charge in [-0.2, -0.15) is 4.39 Å². The molecule has 0 spiro atoms. The molecule has 38 heavy (non-hydrogen) atoms. The maximum atomic E-state index is 13.9. The number of pyridine rings is 3. The third kappa shape index (κ3) is 5.31. The lowest BCUT2D eigenvalue weighted by Crippen LogP contribution is -2.19. The summed E-state index contributed by atoms with van der Waals surface area (Å²) in [5.74, 6) is -1.56. The van der Waals surface area contributed by atoms with Gasteiger partial charge in [-0.3, -0.25) is 20.1 Å². The molecule has 5 rings (SSSR count). The highest BCUT2D eigenvalue weighted by molar-refractivity contribution is 5.95. The van der Waals surface area contributed by atoms with E-state index in [-0.39, 0.29) is 34.8 Å². The molecule has 1 saturated carbocycles. The molecule has 194 valence electrons. The lowest BCUT2D eigenvalue weighted by molar-refractivity contribution is -0.117. The van der Waals surface area contributed by atoms with E-state index in [4.69, 9.17) is 4.74 Å². The van der Waals surface area contributed by atoms with Crippen LogP contribution in [-0.2, 0) is 16.6 Å². The number of hydrogen-bond donors (Lipinski definition) is 2. The molecular weight excluding hydrogens is 498 g/mol. The van der Waals surface area contributed by atoms with Gasteiger partial charge >= 0.3 is 6.09 Å². The van der Waals surface area contributed by atoms with Gasteiger partial charge in [0.05, 0.1) is 29.3 Å². The van der Waals surface area contributed by atoms with Gasteiger partial charge in [0, 0.05) is 25.4 Å². The second kappa shape index (κ2) is 10.3. The number of nitrogens with one attached hydrogen (secondary N) is 2. The van der Waals surface area contributed by atoms with E-state index in [1.807, 2.05) is 12.1 Å².